The molecule has 5 atom stereocenters. The maximum Gasteiger partial charge on any atom is 0.347 e. The molecule has 3 aromatic carbocycles. The van der Waals surface area contributed by atoms with Gasteiger partial charge >= 0.3 is 11.9 Å². The topological polar surface area (TPSA) is 143 Å². The first-order valence-corrected chi connectivity index (χ1v) is 11.9. The lowest BCUT2D eigenvalue weighted by Gasteiger charge is -2.42. The Labute approximate surface area is 208 Å². The van der Waals surface area contributed by atoms with Crippen molar-refractivity contribution in [2.45, 2.75) is 30.6 Å². The molecule has 37 heavy (non-hydrogen) atoms. The third-order valence-corrected chi connectivity index (χ3v) is 7.56. The van der Waals surface area contributed by atoms with Crippen molar-refractivity contribution >= 4 is 55.6 Å². The zero-order valence-electron chi connectivity index (χ0n) is 19.5. The number of rotatable bonds is 3. The van der Waals surface area contributed by atoms with Gasteiger partial charge in [0.2, 0.25) is 0 Å². The summed E-state index contributed by atoms with van der Waals surface area (Å²) in [6.07, 6.45) is -5.83. The number of fused-ring (bicyclic) bond motifs is 10. The number of aromatic nitrogens is 2. The minimum Gasteiger partial charge on any atom is -0.394 e. The van der Waals surface area contributed by atoms with Crippen molar-refractivity contribution in [3.8, 4) is 0 Å². The number of aromatic amines is 1. The van der Waals surface area contributed by atoms with E-state index in [1.165, 1.54) is 7.11 Å². The van der Waals surface area contributed by atoms with Crippen molar-refractivity contribution in [1.29, 1.82) is 0 Å². The summed E-state index contributed by atoms with van der Waals surface area (Å²) in [6, 6.07) is 14.6. The molecule has 0 spiro atoms. The number of aliphatic hydroxyl groups is 3. The highest BCUT2D eigenvalue weighted by Gasteiger charge is 2.47. The maximum atomic E-state index is 13.1. The van der Waals surface area contributed by atoms with Gasteiger partial charge in [-0.15, -0.1) is 0 Å². The van der Waals surface area contributed by atoms with Crippen LogP contribution in [0.25, 0.3) is 43.6 Å². The van der Waals surface area contributed by atoms with Crippen molar-refractivity contribution < 1.29 is 39.1 Å². The number of methoxy groups -OCH3 is 1. The Morgan fingerprint density at radius 1 is 0.946 bits per heavy atom. The van der Waals surface area contributed by atoms with Crippen LogP contribution in [0.2, 0.25) is 0 Å². The Balaban J connectivity index is 1.67. The predicted octanol–water partition coefficient (Wildman–Crippen LogP) is 2.37. The minimum absolute atomic E-state index is 0.145. The highest BCUT2D eigenvalue weighted by atomic mass is 16.6. The first-order chi connectivity index (χ1) is 18.0. The molecule has 2 aromatic heterocycles. The number of H-pyrrole nitrogens is 1. The van der Waals surface area contributed by atoms with Gasteiger partial charge in [-0.05, 0) is 12.1 Å². The van der Waals surface area contributed by atoms with E-state index in [4.69, 9.17) is 14.2 Å². The number of para-hydroxylation sites is 2. The molecule has 10 heteroatoms. The molecule has 188 valence electrons. The van der Waals surface area contributed by atoms with Crippen molar-refractivity contribution in [2.24, 2.45) is 0 Å². The molecule has 0 bridgehead atoms. The molecule has 0 saturated carbocycles. The summed E-state index contributed by atoms with van der Waals surface area (Å²) >= 11 is 0. The van der Waals surface area contributed by atoms with Crippen molar-refractivity contribution in [1.82, 2.24) is 9.55 Å². The number of esters is 2. The Bertz CT molecular complexity index is 1770. The van der Waals surface area contributed by atoms with E-state index in [2.05, 4.69) is 4.98 Å². The summed E-state index contributed by atoms with van der Waals surface area (Å²) in [5.74, 6) is -1.47. The number of benzene rings is 3. The van der Waals surface area contributed by atoms with Crippen LogP contribution in [0.3, 0.4) is 0 Å². The number of nitrogens with one attached hydrogen (secondary N) is 1. The number of carbonyl (C=O) groups excluding carboxylic acids is 2. The van der Waals surface area contributed by atoms with Crippen molar-refractivity contribution in [3.63, 3.8) is 0 Å². The smallest absolute Gasteiger partial charge is 0.347 e. The van der Waals surface area contributed by atoms with E-state index >= 15 is 0 Å². The molecule has 5 aromatic rings. The quantitative estimate of drug-likeness (QED) is 0.218. The van der Waals surface area contributed by atoms with E-state index in [-0.39, 0.29) is 11.1 Å². The zero-order valence-corrected chi connectivity index (χ0v) is 19.5. The molecule has 1 unspecified atom stereocenters. The van der Waals surface area contributed by atoms with Crippen molar-refractivity contribution in [2.75, 3.05) is 13.7 Å². The zero-order chi connectivity index (χ0) is 25.6. The molecule has 0 radical (unpaired) electrons. The number of hydrogen-bond donors (Lipinski definition) is 4. The first kappa shape index (κ1) is 22.4. The van der Waals surface area contributed by atoms with Crippen LogP contribution in [-0.4, -0.2) is 74.9 Å². The Hall–Kier alpha value is -3.80. The fraction of sp³-hybridized carbons (Fsp3) is 0.259. The molecule has 4 N–H and O–H groups in total. The average molecular weight is 502 g/mol. The second-order valence-electron chi connectivity index (χ2n) is 9.39. The molecule has 0 aliphatic carbocycles. The molecule has 7 rings (SSSR count). The van der Waals surface area contributed by atoms with Gasteiger partial charge in [-0.1, -0.05) is 36.4 Å². The Kier molecular flexibility index (Phi) is 4.75. The van der Waals surface area contributed by atoms with Crippen LogP contribution in [0.1, 0.15) is 26.9 Å². The van der Waals surface area contributed by atoms with Gasteiger partial charge in [0, 0.05) is 34.2 Å². The maximum absolute atomic E-state index is 13.1. The molecule has 2 aliphatic heterocycles. The standard InChI is InChI=1S/C27H22N2O8/c1-35-24-15(10-30)36-25(23(32)22(24)31)29-14-9-5-3-7-12(14)17-19-18(26(33)37-27(19)34)16-11-6-2-4-8-13(11)28-20(16)21(17)29/h2-9,15,22-25,28,30-32H,10H2,1H3/t15-,22-,23-,24-,25?/m1/s1. The molecule has 10 nitrogen and oxygen atoms in total. The van der Waals surface area contributed by atoms with Gasteiger partial charge in [-0.2, -0.15) is 0 Å². The third-order valence-electron chi connectivity index (χ3n) is 7.56. The number of aliphatic hydroxyl groups excluding tert-OH is 3. The molecular weight excluding hydrogens is 480 g/mol. The first-order valence-electron chi connectivity index (χ1n) is 11.9. The van der Waals surface area contributed by atoms with E-state index < -0.39 is 49.2 Å². The van der Waals surface area contributed by atoms with Crippen LogP contribution in [0.4, 0.5) is 0 Å². The third kappa shape index (κ3) is 2.81. The number of nitrogens with zero attached hydrogens (tertiary/aromatic N) is 1. The summed E-state index contributed by atoms with van der Waals surface area (Å²) in [5, 5.41) is 34.5. The van der Waals surface area contributed by atoms with Gasteiger partial charge in [-0.25, -0.2) is 9.59 Å². The van der Waals surface area contributed by atoms with Gasteiger partial charge in [0.25, 0.3) is 0 Å². The van der Waals surface area contributed by atoms with Crippen LogP contribution in [0.15, 0.2) is 48.5 Å². The van der Waals surface area contributed by atoms with Crippen LogP contribution in [-0.2, 0) is 14.2 Å². The van der Waals surface area contributed by atoms with Gasteiger partial charge in [0.15, 0.2) is 6.23 Å². The summed E-state index contributed by atoms with van der Waals surface area (Å²) in [6.45, 7) is -0.450. The highest BCUT2D eigenvalue weighted by Crippen LogP contribution is 2.46. The molecule has 0 amide bonds. The second-order valence-corrected chi connectivity index (χ2v) is 9.39. The van der Waals surface area contributed by atoms with E-state index in [1.807, 2.05) is 30.3 Å². The van der Waals surface area contributed by atoms with Crippen LogP contribution in [0, 0.1) is 0 Å². The largest absolute Gasteiger partial charge is 0.394 e. The highest BCUT2D eigenvalue weighted by molar-refractivity contribution is 6.36. The fourth-order valence-electron chi connectivity index (χ4n) is 6.02. The number of hydrogen-bond acceptors (Lipinski definition) is 8. The fourth-order valence-corrected chi connectivity index (χ4v) is 6.02. The van der Waals surface area contributed by atoms with Gasteiger partial charge in [-0.3, -0.25) is 0 Å². The second kappa shape index (κ2) is 7.85. The normalized spacial score (nSPS) is 26.0. The summed E-state index contributed by atoms with van der Waals surface area (Å²) in [5.41, 5.74) is 2.73. The number of carbonyl (C=O) groups is 2. The Morgan fingerprint density at radius 3 is 2.35 bits per heavy atom. The molecule has 1 fully saturated rings. The van der Waals surface area contributed by atoms with Gasteiger partial charge < -0.3 is 39.1 Å². The minimum atomic E-state index is -1.44. The summed E-state index contributed by atoms with van der Waals surface area (Å²) < 4.78 is 18.3. The molecule has 2 aliphatic rings. The van der Waals surface area contributed by atoms with E-state index in [9.17, 15) is 24.9 Å². The summed E-state index contributed by atoms with van der Waals surface area (Å²) in [7, 11) is 1.37. The lowest BCUT2D eigenvalue weighted by Crippen LogP contribution is -2.57. The van der Waals surface area contributed by atoms with Gasteiger partial charge in [0.1, 0.15) is 24.4 Å². The van der Waals surface area contributed by atoms with Crippen LogP contribution >= 0.6 is 0 Å². The number of ether oxygens (including phenoxy) is 3. The SMILES string of the molecule is CO[C@H]1[C@H](O)[C@@H](O)C(n2c3ccccc3c3c4c(c5c6ccccc6[nH]c5c32)C(=O)OC4=O)O[C@@H]1CO. The van der Waals surface area contributed by atoms with Crippen LogP contribution in [0.5, 0.6) is 0 Å². The average Bonchev–Trinajstić information content (AvgIpc) is 3.54. The molecular formula is C27H22N2O8. The van der Waals surface area contributed by atoms with Crippen LogP contribution < -0.4 is 0 Å². The number of cyclic esters (lactones) is 2. The molecule has 4 heterocycles. The summed E-state index contributed by atoms with van der Waals surface area (Å²) in [4.78, 5) is 29.4. The van der Waals surface area contributed by atoms with E-state index in [0.29, 0.717) is 32.7 Å². The molecule has 1 saturated heterocycles. The lowest BCUT2D eigenvalue weighted by atomic mass is 9.96. The van der Waals surface area contributed by atoms with E-state index in [1.54, 1.807) is 22.8 Å². The Morgan fingerprint density at radius 2 is 1.62 bits per heavy atom. The lowest BCUT2D eigenvalue weighted by molar-refractivity contribution is -0.255. The van der Waals surface area contributed by atoms with Gasteiger partial charge in [0.05, 0.1) is 34.3 Å². The van der Waals surface area contributed by atoms with Crippen molar-refractivity contribution in [3.05, 3.63) is 59.7 Å². The predicted molar refractivity (Wildman–Crippen MR) is 132 cm³/mol. The van der Waals surface area contributed by atoms with E-state index in [0.717, 1.165) is 10.9 Å². The monoisotopic (exact) mass is 502 g/mol.